The quantitative estimate of drug-likeness (QED) is 0.357. The molecule has 0 bridgehead atoms. The van der Waals surface area contributed by atoms with E-state index < -0.39 is 18.0 Å². The number of fused-ring (bicyclic) bond motifs is 1. The van der Waals surface area contributed by atoms with E-state index in [1.165, 1.54) is 28.0 Å². The van der Waals surface area contributed by atoms with Crippen molar-refractivity contribution in [1.29, 1.82) is 0 Å². The molecule has 38 heavy (non-hydrogen) atoms. The molecule has 1 atom stereocenters. The van der Waals surface area contributed by atoms with Crippen LogP contribution >= 0.6 is 22.9 Å². The molecule has 0 spiro atoms. The lowest BCUT2D eigenvalue weighted by atomic mass is 9.96. The van der Waals surface area contributed by atoms with Gasteiger partial charge in [-0.05, 0) is 49.7 Å². The normalized spacial score (nSPS) is 15.2. The molecule has 0 fully saturated rings. The number of hydrogen-bond donors (Lipinski definition) is 1. The minimum Gasteiger partial charge on any atom is -0.478 e. The van der Waals surface area contributed by atoms with E-state index in [2.05, 4.69) is 4.99 Å². The molecule has 1 aliphatic rings. The molecular weight excluding hydrogens is 528 g/mol. The summed E-state index contributed by atoms with van der Waals surface area (Å²) in [5, 5.41) is 9.48. The van der Waals surface area contributed by atoms with E-state index in [9.17, 15) is 19.5 Å². The van der Waals surface area contributed by atoms with E-state index in [1.807, 2.05) is 30.3 Å². The Balaban J connectivity index is 1.61. The lowest BCUT2D eigenvalue weighted by Gasteiger charge is -2.24. The van der Waals surface area contributed by atoms with E-state index in [4.69, 9.17) is 20.8 Å². The number of aromatic carboxylic acids is 1. The topological polar surface area (TPSA) is 111 Å². The van der Waals surface area contributed by atoms with Crippen molar-refractivity contribution in [2.75, 3.05) is 6.61 Å². The smallest absolute Gasteiger partial charge is 0.338 e. The lowest BCUT2D eigenvalue weighted by Crippen LogP contribution is -2.39. The van der Waals surface area contributed by atoms with Gasteiger partial charge in [-0.2, -0.15) is 0 Å². The van der Waals surface area contributed by atoms with Gasteiger partial charge < -0.3 is 14.3 Å². The maximum Gasteiger partial charge on any atom is 0.338 e. The van der Waals surface area contributed by atoms with Crippen LogP contribution in [0, 0.1) is 0 Å². The van der Waals surface area contributed by atoms with Gasteiger partial charge in [0.05, 0.1) is 39.0 Å². The molecule has 0 saturated carbocycles. The van der Waals surface area contributed by atoms with Crippen molar-refractivity contribution in [3.8, 4) is 11.3 Å². The van der Waals surface area contributed by atoms with Gasteiger partial charge in [0.15, 0.2) is 4.80 Å². The van der Waals surface area contributed by atoms with Gasteiger partial charge in [0.25, 0.3) is 5.56 Å². The summed E-state index contributed by atoms with van der Waals surface area (Å²) in [4.78, 5) is 43.0. The number of furan rings is 1. The molecule has 2 aromatic carbocycles. The van der Waals surface area contributed by atoms with Gasteiger partial charge in [-0.25, -0.2) is 14.6 Å². The molecule has 192 valence electrons. The first-order valence-electron chi connectivity index (χ1n) is 11.7. The van der Waals surface area contributed by atoms with E-state index in [0.717, 1.165) is 5.56 Å². The van der Waals surface area contributed by atoms with Crippen molar-refractivity contribution >= 4 is 41.0 Å². The lowest BCUT2D eigenvalue weighted by molar-refractivity contribution is -0.139. The van der Waals surface area contributed by atoms with Crippen LogP contribution in [0.5, 0.6) is 0 Å². The Morgan fingerprint density at radius 1 is 1.18 bits per heavy atom. The molecule has 2 aromatic heterocycles. The van der Waals surface area contributed by atoms with Crippen LogP contribution in [0.1, 0.15) is 41.6 Å². The first-order valence-corrected chi connectivity index (χ1v) is 12.9. The van der Waals surface area contributed by atoms with Crippen molar-refractivity contribution in [2.45, 2.75) is 19.9 Å². The van der Waals surface area contributed by atoms with Gasteiger partial charge in [0, 0.05) is 11.6 Å². The summed E-state index contributed by atoms with van der Waals surface area (Å²) in [5.41, 5.74) is 1.73. The van der Waals surface area contributed by atoms with E-state index in [1.54, 1.807) is 38.1 Å². The number of hydrogen-bond acceptors (Lipinski definition) is 7. The van der Waals surface area contributed by atoms with Gasteiger partial charge in [-0.3, -0.25) is 9.36 Å². The van der Waals surface area contributed by atoms with Crippen LogP contribution in [0.2, 0.25) is 5.02 Å². The Morgan fingerprint density at radius 2 is 1.95 bits per heavy atom. The number of carboxylic acid groups (broad SMARTS) is 1. The maximum atomic E-state index is 13.7. The molecule has 0 amide bonds. The standard InChI is InChI=1S/C28H21ClN2O6S/c1-3-36-27(35)23-15(2)30-28-31(24(23)16-7-5-4-6-8-16)25(32)22(38-28)14-18-10-12-21(37-18)17-9-11-20(29)19(13-17)26(33)34/h4-14,24H,3H2,1-2H3,(H,33,34)/b22-14+/t24-/m0/s1. The number of halogens is 1. The summed E-state index contributed by atoms with van der Waals surface area (Å²) in [7, 11) is 0. The summed E-state index contributed by atoms with van der Waals surface area (Å²) in [6.45, 7) is 3.66. The fraction of sp³-hybridized carbons (Fsp3) is 0.143. The number of nitrogens with zero attached hydrogens (tertiary/aromatic N) is 2. The van der Waals surface area contributed by atoms with Crippen LogP contribution in [0.25, 0.3) is 17.4 Å². The van der Waals surface area contributed by atoms with Crippen LogP contribution in [0.3, 0.4) is 0 Å². The Labute approximate surface area is 225 Å². The monoisotopic (exact) mass is 548 g/mol. The predicted octanol–water partition coefficient (Wildman–Crippen LogP) is 4.41. The fourth-order valence-electron chi connectivity index (χ4n) is 4.30. The Hall–Kier alpha value is -4.21. The molecule has 0 radical (unpaired) electrons. The molecule has 1 aliphatic heterocycles. The molecular formula is C28H21ClN2O6S. The van der Waals surface area contributed by atoms with E-state index in [-0.39, 0.29) is 22.8 Å². The number of thiazole rings is 1. The molecule has 0 unspecified atom stereocenters. The zero-order valence-electron chi connectivity index (χ0n) is 20.3. The van der Waals surface area contributed by atoms with Gasteiger partial charge in [-0.15, -0.1) is 0 Å². The largest absolute Gasteiger partial charge is 0.478 e. The third-order valence-corrected chi connectivity index (χ3v) is 7.33. The number of allylic oxidation sites excluding steroid dienone is 1. The number of esters is 1. The molecule has 0 saturated heterocycles. The third-order valence-electron chi connectivity index (χ3n) is 6.01. The molecule has 8 nitrogen and oxygen atoms in total. The van der Waals surface area contributed by atoms with Crippen molar-refractivity contribution < 1.29 is 23.8 Å². The van der Waals surface area contributed by atoms with Crippen LogP contribution in [0.15, 0.2) is 86.1 Å². The highest BCUT2D eigenvalue weighted by atomic mass is 35.5. The molecule has 0 aliphatic carbocycles. The zero-order chi connectivity index (χ0) is 27.0. The van der Waals surface area contributed by atoms with Crippen LogP contribution in [0.4, 0.5) is 0 Å². The first kappa shape index (κ1) is 25.4. The predicted molar refractivity (Wildman–Crippen MR) is 143 cm³/mol. The summed E-state index contributed by atoms with van der Waals surface area (Å²) in [5.74, 6) is -0.841. The van der Waals surface area contributed by atoms with E-state index >= 15 is 0 Å². The summed E-state index contributed by atoms with van der Waals surface area (Å²) in [6, 6.07) is 16.5. The van der Waals surface area contributed by atoms with Crippen LogP contribution in [-0.4, -0.2) is 28.2 Å². The molecule has 1 N–H and O–H groups in total. The second-order valence-electron chi connectivity index (χ2n) is 8.41. The molecule has 4 aromatic rings. The third kappa shape index (κ3) is 4.62. The van der Waals surface area contributed by atoms with Gasteiger partial charge in [0.1, 0.15) is 11.5 Å². The van der Waals surface area contributed by atoms with Gasteiger partial charge in [0.2, 0.25) is 0 Å². The minimum absolute atomic E-state index is 0.0379. The molecule has 5 rings (SSSR count). The van der Waals surface area contributed by atoms with Crippen LogP contribution in [-0.2, 0) is 9.53 Å². The Kier molecular flexibility index (Phi) is 6.88. The average molecular weight is 549 g/mol. The number of carbonyl (C=O) groups excluding carboxylic acids is 1. The highest BCUT2D eigenvalue weighted by Crippen LogP contribution is 2.31. The number of rotatable bonds is 6. The number of carboxylic acids is 1. The number of aromatic nitrogens is 1. The number of benzene rings is 2. The average Bonchev–Trinajstić information content (AvgIpc) is 3.48. The number of carbonyl (C=O) groups is 2. The number of ether oxygens (including phenoxy) is 1. The first-order chi connectivity index (χ1) is 18.3. The van der Waals surface area contributed by atoms with Crippen LogP contribution < -0.4 is 14.9 Å². The maximum absolute atomic E-state index is 13.7. The summed E-state index contributed by atoms with van der Waals surface area (Å²) in [6.07, 6.45) is 1.60. The summed E-state index contributed by atoms with van der Waals surface area (Å²) < 4.78 is 13.1. The molecule has 10 heteroatoms. The fourth-order valence-corrected chi connectivity index (χ4v) is 5.52. The SMILES string of the molecule is CCOC(=O)C1=C(C)N=c2s/c(=C/c3ccc(-c4ccc(Cl)c(C(=O)O)c4)o3)c(=O)n2[C@H]1c1ccccc1. The highest BCUT2D eigenvalue weighted by Gasteiger charge is 2.33. The highest BCUT2D eigenvalue weighted by molar-refractivity contribution is 7.07. The Bertz CT molecular complexity index is 1780. The Morgan fingerprint density at radius 3 is 2.66 bits per heavy atom. The second-order valence-corrected chi connectivity index (χ2v) is 9.83. The van der Waals surface area contributed by atoms with E-state index in [0.29, 0.717) is 37.7 Å². The minimum atomic E-state index is -1.14. The van der Waals surface area contributed by atoms with Crippen molar-refractivity contribution in [3.05, 3.63) is 114 Å². The van der Waals surface area contributed by atoms with Crippen molar-refractivity contribution in [2.24, 2.45) is 4.99 Å². The van der Waals surface area contributed by atoms with Gasteiger partial charge >= 0.3 is 11.9 Å². The van der Waals surface area contributed by atoms with Crippen molar-refractivity contribution in [3.63, 3.8) is 0 Å². The second kappa shape index (κ2) is 10.3. The zero-order valence-corrected chi connectivity index (χ0v) is 21.9. The molecule has 3 heterocycles. The summed E-state index contributed by atoms with van der Waals surface area (Å²) >= 11 is 7.16. The van der Waals surface area contributed by atoms with Crippen molar-refractivity contribution in [1.82, 2.24) is 4.57 Å². The van der Waals surface area contributed by atoms with Gasteiger partial charge in [-0.1, -0.05) is 53.3 Å².